The van der Waals surface area contributed by atoms with Crippen LogP contribution in [0.2, 0.25) is 5.02 Å². The summed E-state index contributed by atoms with van der Waals surface area (Å²) in [4.78, 5) is 15.4. The molecular weight excluding hydrogens is 434 g/mol. The maximum Gasteiger partial charge on any atom is 0.264 e. The fourth-order valence-electron chi connectivity index (χ4n) is 5.83. The molecule has 2 aromatic carbocycles. The average molecular weight is 461 g/mol. The zero-order valence-electron chi connectivity index (χ0n) is 17.9. The molecule has 170 valence electrons. The predicted octanol–water partition coefficient (Wildman–Crippen LogP) is 5.23. The van der Waals surface area contributed by atoms with Crippen molar-refractivity contribution >= 4 is 23.2 Å². The van der Waals surface area contributed by atoms with Gasteiger partial charge in [0, 0.05) is 28.8 Å². The molecule has 0 saturated carbocycles. The third-order valence-corrected chi connectivity index (χ3v) is 7.59. The van der Waals surface area contributed by atoms with Crippen LogP contribution in [0, 0.1) is 11.6 Å². The number of fused-ring (bicyclic) bond motifs is 2. The van der Waals surface area contributed by atoms with Gasteiger partial charge in [0.05, 0.1) is 6.10 Å². The van der Waals surface area contributed by atoms with Crippen molar-refractivity contribution in [2.24, 2.45) is 0 Å². The highest BCUT2D eigenvalue weighted by Crippen LogP contribution is 2.53. The molecule has 3 aliphatic rings. The Hall–Kier alpha value is -2.02. The van der Waals surface area contributed by atoms with Crippen molar-refractivity contribution in [3.8, 4) is 0 Å². The van der Waals surface area contributed by atoms with Crippen LogP contribution in [0.3, 0.4) is 0 Å². The van der Waals surface area contributed by atoms with Crippen molar-refractivity contribution in [1.82, 2.24) is 5.32 Å². The summed E-state index contributed by atoms with van der Waals surface area (Å²) in [6, 6.07) is 8.78. The van der Waals surface area contributed by atoms with Crippen molar-refractivity contribution in [3.63, 3.8) is 0 Å². The van der Waals surface area contributed by atoms with Crippen LogP contribution in [-0.4, -0.2) is 37.7 Å². The summed E-state index contributed by atoms with van der Waals surface area (Å²) in [5.41, 5.74) is 0.861. The Morgan fingerprint density at radius 1 is 1.16 bits per heavy atom. The number of rotatable bonds is 3. The number of hydrogen-bond acceptors (Lipinski definition) is 3. The van der Waals surface area contributed by atoms with Crippen molar-refractivity contribution in [1.29, 1.82) is 0 Å². The second kappa shape index (κ2) is 8.73. The van der Waals surface area contributed by atoms with E-state index >= 15 is 0 Å². The van der Waals surface area contributed by atoms with E-state index in [0.717, 1.165) is 62.9 Å². The quantitative estimate of drug-likeness (QED) is 0.682. The summed E-state index contributed by atoms with van der Waals surface area (Å²) in [5, 5.41) is 4.01. The van der Waals surface area contributed by atoms with E-state index in [9.17, 15) is 13.6 Å². The summed E-state index contributed by atoms with van der Waals surface area (Å²) in [6.45, 7) is 2.33. The molecule has 2 atom stereocenters. The molecule has 5 rings (SSSR count). The van der Waals surface area contributed by atoms with E-state index in [4.69, 9.17) is 16.3 Å². The van der Waals surface area contributed by atoms with Gasteiger partial charge in [-0.3, -0.25) is 4.79 Å². The minimum absolute atomic E-state index is 0.0195. The largest absolute Gasteiger partial charge is 0.378 e. The van der Waals surface area contributed by atoms with E-state index in [2.05, 4.69) is 5.32 Å². The number of benzene rings is 2. The summed E-state index contributed by atoms with van der Waals surface area (Å²) in [5.74, 6) is -2.32. The highest BCUT2D eigenvalue weighted by molar-refractivity contribution is 6.30. The van der Waals surface area contributed by atoms with Crippen molar-refractivity contribution in [2.75, 3.05) is 24.6 Å². The fraction of sp³-hybridized carbons (Fsp3) is 0.480. The predicted molar refractivity (Wildman–Crippen MR) is 120 cm³/mol. The number of carbonyl (C=O) groups is 1. The van der Waals surface area contributed by atoms with Gasteiger partial charge in [0.1, 0.15) is 17.2 Å². The Balaban J connectivity index is 1.64. The molecule has 1 unspecified atom stereocenters. The van der Waals surface area contributed by atoms with Gasteiger partial charge in [0.2, 0.25) is 0 Å². The lowest BCUT2D eigenvalue weighted by Crippen LogP contribution is -2.53. The Morgan fingerprint density at radius 2 is 1.91 bits per heavy atom. The SMILES string of the molecule is O=C(c1c(F)cccc1F)N1c2ccc(Cl)cc2C2(CCNCC2)C1C[C@H]1CCCCO1. The maximum absolute atomic E-state index is 14.7. The van der Waals surface area contributed by atoms with E-state index in [1.165, 1.54) is 6.07 Å². The van der Waals surface area contributed by atoms with E-state index in [0.29, 0.717) is 23.7 Å². The zero-order chi connectivity index (χ0) is 22.3. The minimum Gasteiger partial charge on any atom is -0.378 e. The molecule has 3 aliphatic heterocycles. The molecule has 32 heavy (non-hydrogen) atoms. The highest BCUT2D eigenvalue weighted by Gasteiger charge is 2.54. The topological polar surface area (TPSA) is 41.6 Å². The van der Waals surface area contributed by atoms with Gasteiger partial charge < -0.3 is 15.0 Å². The molecule has 1 spiro atoms. The van der Waals surface area contributed by atoms with Gasteiger partial charge in [-0.15, -0.1) is 0 Å². The molecular formula is C25H27ClF2N2O2. The van der Waals surface area contributed by atoms with E-state index in [1.54, 1.807) is 11.0 Å². The van der Waals surface area contributed by atoms with Gasteiger partial charge in [0.25, 0.3) is 5.91 Å². The average Bonchev–Trinajstić information content (AvgIpc) is 3.03. The first-order valence-electron chi connectivity index (χ1n) is 11.4. The molecule has 3 heterocycles. The molecule has 0 aromatic heterocycles. The van der Waals surface area contributed by atoms with Crippen LogP contribution in [0.1, 0.15) is 54.4 Å². The molecule has 0 bridgehead atoms. The number of halogens is 3. The first-order valence-corrected chi connectivity index (χ1v) is 11.8. The first kappa shape index (κ1) is 21.8. The summed E-state index contributed by atoms with van der Waals surface area (Å²) in [7, 11) is 0. The third kappa shape index (κ3) is 3.62. The Bertz CT molecular complexity index is 999. The number of carbonyl (C=O) groups excluding carboxylic acids is 1. The van der Waals surface area contributed by atoms with Crippen molar-refractivity contribution < 1.29 is 18.3 Å². The number of piperidine rings is 1. The normalized spacial score (nSPS) is 24.5. The number of nitrogens with zero attached hydrogens (tertiary/aromatic N) is 1. The minimum atomic E-state index is -0.843. The van der Waals surface area contributed by atoms with E-state index in [-0.39, 0.29) is 17.6 Å². The molecule has 2 aromatic rings. The fourth-order valence-corrected chi connectivity index (χ4v) is 6.01. The summed E-state index contributed by atoms with van der Waals surface area (Å²) < 4.78 is 35.4. The molecule has 1 amide bonds. The number of amides is 1. The van der Waals surface area contributed by atoms with Crippen LogP contribution in [0.5, 0.6) is 0 Å². The van der Waals surface area contributed by atoms with Gasteiger partial charge >= 0.3 is 0 Å². The van der Waals surface area contributed by atoms with E-state index in [1.807, 2.05) is 12.1 Å². The standard InChI is InChI=1S/C25H27ClF2N2O2/c26-16-7-8-21-18(14-16)25(9-11-29-12-10-25)22(15-17-4-1-2-13-32-17)30(21)24(31)23-19(27)5-3-6-20(23)28/h3,5-8,14,17,22,29H,1-2,4,9-13,15H2/t17-,22?/m1/s1. The number of nitrogens with one attached hydrogen (secondary N) is 1. The Morgan fingerprint density at radius 3 is 2.59 bits per heavy atom. The smallest absolute Gasteiger partial charge is 0.264 e. The number of ether oxygens (including phenoxy) is 1. The number of anilines is 1. The van der Waals surface area contributed by atoms with Crippen molar-refractivity contribution in [2.45, 2.75) is 56.1 Å². The van der Waals surface area contributed by atoms with Gasteiger partial charge in [-0.1, -0.05) is 17.7 Å². The van der Waals surface area contributed by atoms with Gasteiger partial charge in [0.15, 0.2) is 0 Å². The molecule has 4 nitrogen and oxygen atoms in total. The lowest BCUT2D eigenvalue weighted by molar-refractivity contribution is 0.00130. The highest BCUT2D eigenvalue weighted by atomic mass is 35.5. The van der Waals surface area contributed by atoms with Crippen LogP contribution in [0.4, 0.5) is 14.5 Å². The summed E-state index contributed by atoms with van der Waals surface area (Å²) >= 11 is 6.40. The van der Waals surface area contributed by atoms with Gasteiger partial charge in [-0.2, -0.15) is 0 Å². The van der Waals surface area contributed by atoms with E-state index < -0.39 is 23.1 Å². The molecule has 2 saturated heterocycles. The van der Waals surface area contributed by atoms with Crippen LogP contribution < -0.4 is 10.2 Å². The Kier molecular flexibility index (Phi) is 5.95. The second-order valence-corrected chi connectivity index (χ2v) is 9.52. The monoisotopic (exact) mass is 460 g/mol. The van der Waals surface area contributed by atoms with Gasteiger partial charge in [-0.25, -0.2) is 8.78 Å². The Labute approximate surface area is 191 Å². The van der Waals surface area contributed by atoms with Crippen LogP contribution >= 0.6 is 11.6 Å². The third-order valence-electron chi connectivity index (χ3n) is 7.36. The van der Waals surface area contributed by atoms with Crippen LogP contribution in [0.15, 0.2) is 36.4 Å². The molecule has 7 heteroatoms. The lowest BCUT2D eigenvalue weighted by atomic mass is 9.68. The summed E-state index contributed by atoms with van der Waals surface area (Å²) in [6.07, 6.45) is 5.34. The second-order valence-electron chi connectivity index (χ2n) is 9.08. The molecule has 2 fully saturated rings. The lowest BCUT2D eigenvalue weighted by Gasteiger charge is -2.43. The van der Waals surface area contributed by atoms with Crippen LogP contribution in [0.25, 0.3) is 0 Å². The molecule has 0 aliphatic carbocycles. The number of hydrogen-bond donors (Lipinski definition) is 1. The maximum atomic E-state index is 14.7. The molecule has 0 radical (unpaired) electrons. The zero-order valence-corrected chi connectivity index (χ0v) is 18.6. The first-order chi connectivity index (χ1) is 15.5. The van der Waals surface area contributed by atoms with Crippen LogP contribution in [-0.2, 0) is 10.2 Å². The van der Waals surface area contributed by atoms with Gasteiger partial charge in [-0.05, 0) is 87.5 Å². The van der Waals surface area contributed by atoms with Crippen molar-refractivity contribution in [3.05, 3.63) is 64.2 Å². The molecule has 1 N–H and O–H groups in total.